The molecule has 0 amide bonds. The maximum absolute atomic E-state index is 11.1. The fraction of sp³-hybridized carbons (Fsp3) is 0.545. The number of carboxylic acid groups (broad SMARTS) is 1. The maximum Gasteiger partial charge on any atom is 0.307 e. The van der Waals surface area contributed by atoms with Crippen LogP contribution in [0.1, 0.15) is 25.7 Å². The molecule has 1 saturated carbocycles. The minimum atomic E-state index is -0.687. The van der Waals surface area contributed by atoms with Crippen LogP contribution in [0.3, 0.4) is 0 Å². The van der Waals surface area contributed by atoms with Crippen molar-refractivity contribution in [2.24, 2.45) is 5.92 Å². The van der Waals surface area contributed by atoms with Crippen LogP contribution in [0.25, 0.3) is 0 Å². The summed E-state index contributed by atoms with van der Waals surface area (Å²) in [5, 5.41) is 9.93. The Balaban J connectivity index is 2.04. The summed E-state index contributed by atoms with van der Waals surface area (Å²) in [4.78, 5) is 19.4. The molecule has 4 nitrogen and oxygen atoms in total. The first kappa shape index (κ1) is 11.4. The Labute approximate surface area is 98.5 Å². The van der Waals surface area contributed by atoms with Crippen molar-refractivity contribution in [3.05, 3.63) is 18.5 Å². The van der Waals surface area contributed by atoms with E-state index in [-0.39, 0.29) is 11.2 Å². The molecule has 86 valence electrons. The zero-order valence-corrected chi connectivity index (χ0v) is 9.69. The number of thioether (sulfide) groups is 1. The van der Waals surface area contributed by atoms with E-state index >= 15 is 0 Å². The van der Waals surface area contributed by atoms with Gasteiger partial charge in [0.2, 0.25) is 0 Å². The Kier molecular flexibility index (Phi) is 3.77. The lowest BCUT2D eigenvalue weighted by Crippen LogP contribution is -2.29. The molecule has 16 heavy (non-hydrogen) atoms. The standard InChI is InChI=1S/C11H14N2O2S/c14-10(15)8-4-1-2-5-9(8)16-11-12-6-3-7-13-11/h3,6-9H,1-2,4-5H2,(H,14,15). The van der Waals surface area contributed by atoms with E-state index in [4.69, 9.17) is 5.11 Å². The minimum absolute atomic E-state index is 0.119. The van der Waals surface area contributed by atoms with E-state index in [9.17, 15) is 4.79 Å². The Morgan fingerprint density at radius 3 is 2.69 bits per heavy atom. The minimum Gasteiger partial charge on any atom is -0.481 e. The molecule has 1 aromatic heterocycles. The van der Waals surface area contributed by atoms with Crippen molar-refractivity contribution in [2.45, 2.75) is 36.1 Å². The monoisotopic (exact) mass is 238 g/mol. The average molecular weight is 238 g/mol. The summed E-state index contributed by atoms with van der Waals surface area (Å²) in [5.74, 6) is -0.935. The van der Waals surface area contributed by atoms with E-state index in [1.165, 1.54) is 11.8 Å². The lowest BCUT2D eigenvalue weighted by atomic mass is 9.89. The first-order chi connectivity index (χ1) is 7.77. The average Bonchev–Trinajstić information content (AvgIpc) is 2.31. The van der Waals surface area contributed by atoms with E-state index in [0.29, 0.717) is 5.16 Å². The van der Waals surface area contributed by atoms with Crippen molar-refractivity contribution < 1.29 is 9.90 Å². The number of hydrogen-bond donors (Lipinski definition) is 1. The molecule has 1 fully saturated rings. The van der Waals surface area contributed by atoms with E-state index in [1.54, 1.807) is 18.5 Å². The molecule has 0 spiro atoms. The predicted octanol–water partition coefficient (Wildman–Crippen LogP) is 2.21. The molecule has 2 rings (SSSR count). The molecular formula is C11H14N2O2S. The van der Waals surface area contributed by atoms with Crippen LogP contribution >= 0.6 is 11.8 Å². The second-order valence-corrected chi connectivity index (χ2v) is 5.12. The normalized spacial score (nSPS) is 25.2. The van der Waals surface area contributed by atoms with Crippen LogP contribution in [0.4, 0.5) is 0 Å². The second kappa shape index (κ2) is 5.30. The van der Waals surface area contributed by atoms with E-state index in [1.807, 2.05) is 0 Å². The Morgan fingerprint density at radius 2 is 2.00 bits per heavy atom. The highest BCUT2D eigenvalue weighted by Crippen LogP contribution is 2.36. The number of hydrogen-bond acceptors (Lipinski definition) is 4. The zero-order chi connectivity index (χ0) is 11.4. The van der Waals surface area contributed by atoms with Gasteiger partial charge in [-0.05, 0) is 18.9 Å². The van der Waals surface area contributed by atoms with Crippen molar-refractivity contribution in [3.63, 3.8) is 0 Å². The highest BCUT2D eigenvalue weighted by Gasteiger charge is 2.31. The Morgan fingerprint density at radius 1 is 1.31 bits per heavy atom. The molecule has 0 aromatic carbocycles. The van der Waals surface area contributed by atoms with Crippen molar-refractivity contribution in [3.8, 4) is 0 Å². The molecule has 1 N–H and O–H groups in total. The summed E-state index contributed by atoms with van der Waals surface area (Å²) >= 11 is 1.50. The molecule has 0 saturated heterocycles. The summed E-state index contributed by atoms with van der Waals surface area (Å²) in [6, 6.07) is 1.76. The van der Waals surface area contributed by atoms with Gasteiger partial charge in [-0.25, -0.2) is 9.97 Å². The molecule has 5 heteroatoms. The molecule has 1 aliphatic carbocycles. The quantitative estimate of drug-likeness (QED) is 0.818. The molecule has 2 unspecified atom stereocenters. The third-order valence-corrected chi connectivity index (χ3v) is 4.11. The van der Waals surface area contributed by atoms with Gasteiger partial charge in [-0.15, -0.1) is 0 Å². The molecular weight excluding hydrogens is 224 g/mol. The van der Waals surface area contributed by atoms with Crippen LogP contribution in [0, 0.1) is 5.92 Å². The molecule has 0 aliphatic heterocycles. The zero-order valence-electron chi connectivity index (χ0n) is 8.87. The third kappa shape index (κ3) is 2.72. The Hall–Kier alpha value is -1.10. The number of carboxylic acids is 1. The lowest BCUT2D eigenvalue weighted by molar-refractivity contribution is -0.142. The number of nitrogens with zero attached hydrogens (tertiary/aromatic N) is 2. The number of rotatable bonds is 3. The van der Waals surface area contributed by atoms with Crippen LogP contribution in [-0.4, -0.2) is 26.3 Å². The summed E-state index contributed by atoms with van der Waals surface area (Å²) in [6.45, 7) is 0. The van der Waals surface area contributed by atoms with Crippen LogP contribution in [-0.2, 0) is 4.79 Å². The van der Waals surface area contributed by atoms with Gasteiger partial charge in [0.1, 0.15) is 0 Å². The second-order valence-electron chi connectivity index (χ2n) is 3.92. The Bertz CT molecular complexity index is 358. The molecule has 0 radical (unpaired) electrons. The van der Waals surface area contributed by atoms with Crippen LogP contribution in [0.2, 0.25) is 0 Å². The summed E-state index contributed by atoms with van der Waals surface area (Å²) in [7, 11) is 0. The van der Waals surface area contributed by atoms with E-state index in [2.05, 4.69) is 9.97 Å². The summed E-state index contributed by atoms with van der Waals surface area (Å²) in [5.41, 5.74) is 0. The smallest absolute Gasteiger partial charge is 0.307 e. The third-order valence-electron chi connectivity index (χ3n) is 2.82. The largest absolute Gasteiger partial charge is 0.481 e. The highest BCUT2D eigenvalue weighted by molar-refractivity contribution is 7.99. The fourth-order valence-corrected chi connectivity index (χ4v) is 3.22. The van der Waals surface area contributed by atoms with Gasteiger partial charge in [0, 0.05) is 17.6 Å². The molecule has 1 aliphatic rings. The summed E-state index contributed by atoms with van der Waals surface area (Å²) in [6.07, 6.45) is 7.22. The van der Waals surface area contributed by atoms with Crippen LogP contribution in [0.5, 0.6) is 0 Å². The number of aliphatic carboxylic acids is 1. The summed E-state index contributed by atoms with van der Waals surface area (Å²) < 4.78 is 0. The van der Waals surface area contributed by atoms with E-state index in [0.717, 1.165) is 25.7 Å². The number of carbonyl (C=O) groups is 1. The van der Waals surface area contributed by atoms with Gasteiger partial charge in [0.25, 0.3) is 0 Å². The lowest BCUT2D eigenvalue weighted by Gasteiger charge is -2.27. The van der Waals surface area contributed by atoms with Crippen molar-refractivity contribution in [2.75, 3.05) is 0 Å². The van der Waals surface area contributed by atoms with Gasteiger partial charge in [-0.3, -0.25) is 4.79 Å². The van der Waals surface area contributed by atoms with Crippen molar-refractivity contribution >= 4 is 17.7 Å². The fourth-order valence-electron chi connectivity index (χ4n) is 2.00. The highest BCUT2D eigenvalue weighted by atomic mass is 32.2. The topological polar surface area (TPSA) is 63.1 Å². The number of aromatic nitrogens is 2. The molecule has 2 atom stereocenters. The first-order valence-electron chi connectivity index (χ1n) is 5.44. The molecule has 1 aromatic rings. The van der Waals surface area contributed by atoms with Gasteiger partial charge >= 0.3 is 5.97 Å². The SMILES string of the molecule is O=C(O)C1CCCCC1Sc1ncccn1. The van der Waals surface area contributed by atoms with E-state index < -0.39 is 5.97 Å². The van der Waals surface area contributed by atoms with Gasteiger partial charge in [-0.1, -0.05) is 24.6 Å². The van der Waals surface area contributed by atoms with Gasteiger partial charge in [-0.2, -0.15) is 0 Å². The van der Waals surface area contributed by atoms with Crippen molar-refractivity contribution in [1.82, 2.24) is 9.97 Å². The first-order valence-corrected chi connectivity index (χ1v) is 6.32. The van der Waals surface area contributed by atoms with Gasteiger partial charge in [0.05, 0.1) is 5.92 Å². The molecule has 0 bridgehead atoms. The van der Waals surface area contributed by atoms with Crippen molar-refractivity contribution in [1.29, 1.82) is 0 Å². The van der Waals surface area contributed by atoms with Crippen LogP contribution in [0.15, 0.2) is 23.6 Å². The van der Waals surface area contributed by atoms with Gasteiger partial charge < -0.3 is 5.11 Å². The van der Waals surface area contributed by atoms with Gasteiger partial charge in [0.15, 0.2) is 5.16 Å². The maximum atomic E-state index is 11.1. The van der Waals surface area contributed by atoms with Crippen LogP contribution < -0.4 is 0 Å². The predicted molar refractivity (Wildman–Crippen MR) is 61.3 cm³/mol. The molecule has 1 heterocycles.